The molecule has 1 N–H and O–H groups in total. The summed E-state index contributed by atoms with van der Waals surface area (Å²) in [7, 11) is 0. The third-order valence-corrected chi connectivity index (χ3v) is 5.06. The van der Waals surface area contributed by atoms with Crippen LogP contribution in [0.4, 0.5) is 17.2 Å². The lowest BCUT2D eigenvalue weighted by molar-refractivity contribution is 0.0642. The number of hydrogen-bond donors (Lipinski definition) is 1. The van der Waals surface area contributed by atoms with Gasteiger partial charge in [0.05, 0.1) is 18.3 Å². The normalized spacial score (nSPS) is 14.4. The van der Waals surface area contributed by atoms with Crippen molar-refractivity contribution in [1.29, 1.82) is 0 Å². The summed E-state index contributed by atoms with van der Waals surface area (Å²) in [6.45, 7) is 12.7. The molecule has 0 saturated carbocycles. The average molecular weight is 389 g/mol. The second-order valence-corrected chi connectivity index (χ2v) is 7.07. The Morgan fingerprint density at radius 2 is 2.03 bits per heavy atom. The van der Waals surface area contributed by atoms with Crippen molar-refractivity contribution in [2.45, 2.75) is 32.7 Å². The monoisotopic (exact) mass is 389 g/mol. The van der Waals surface area contributed by atoms with E-state index in [0.717, 1.165) is 48.9 Å². The van der Waals surface area contributed by atoms with Crippen molar-refractivity contribution in [3.8, 4) is 11.6 Å². The van der Waals surface area contributed by atoms with Crippen LogP contribution in [0.25, 0.3) is 4.85 Å². The van der Waals surface area contributed by atoms with Crippen molar-refractivity contribution in [2.24, 2.45) is 0 Å². The van der Waals surface area contributed by atoms with E-state index in [0.29, 0.717) is 17.3 Å². The van der Waals surface area contributed by atoms with Crippen LogP contribution in [-0.2, 0) is 4.74 Å². The molecule has 148 valence electrons. The number of aromatic nitrogens is 3. The van der Waals surface area contributed by atoms with E-state index in [1.165, 1.54) is 0 Å². The van der Waals surface area contributed by atoms with Crippen molar-refractivity contribution < 1.29 is 9.47 Å². The topological polar surface area (TPSA) is 65.6 Å². The molecule has 1 aliphatic rings. The Morgan fingerprint density at radius 1 is 1.21 bits per heavy atom. The van der Waals surface area contributed by atoms with Gasteiger partial charge in [0.25, 0.3) is 0 Å². The van der Waals surface area contributed by atoms with Crippen molar-refractivity contribution in [2.75, 3.05) is 18.5 Å². The zero-order valence-corrected chi connectivity index (χ0v) is 16.6. The van der Waals surface area contributed by atoms with E-state index in [-0.39, 0.29) is 6.04 Å². The van der Waals surface area contributed by atoms with E-state index in [9.17, 15) is 0 Å². The third-order valence-electron chi connectivity index (χ3n) is 5.06. The molecule has 0 unspecified atom stereocenters. The van der Waals surface area contributed by atoms with E-state index in [2.05, 4.69) is 15.1 Å². The fourth-order valence-corrected chi connectivity index (χ4v) is 3.36. The van der Waals surface area contributed by atoms with Gasteiger partial charge in [0.1, 0.15) is 11.6 Å². The summed E-state index contributed by atoms with van der Waals surface area (Å²) in [6, 6.07) is 11.3. The first kappa shape index (κ1) is 19.0. The van der Waals surface area contributed by atoms with E-state index < -0.39 is 0 Å². The van der Waals surface area contributed by atoms with E-state index >= 15 is 0 Å². The highest BCUT2D eigenvalue weighted by molar-refractivity contribution is 5.63. The Bertz CT molecular complexity index is 1050. The number of pyridine rings is 1. The highest BCUT2D eigenvalue weighted by atomic mass is 16.5. The molecule has 0 amide bonds. The summed E-state index contributed by atoms with van der Waals surface area (Å²) in [5.41, 5.74) is 3.39. The number of hydrogen-bond acceptors (Lipinski definition) is 5. The molecular formula is C22H23N5O2. The molecule has 0 spiro atoms. The minimum absolute atomic E-state index is 0.280. The van der Waals surface area contributed by atoms with Gasteiger partial charge < -0.3 is 14.8 Å². The Kier molecular flexibility index (Phi) is 5.45. The van der Waals surface area contributed by atoms with Gasteiger partial charge in [0, 0.05) is 36.7 Å². The predicted octanol–water partition coefficient (Wildman–Crippen LogP) is 5.33. The van der Waals surface area contributed by atoms with Crippen LogP contribution in [0.3, 0.4) is 0 Å². The van der Waals surface area contributed by atoms with Crippen molar-refractivity contribution in [1.82, 2.24) is 14.8 Å². The van der Waals surface area contributed by atoms with Gasteiger partial charge in [-0.25, -0.2) is 14.5 Å². The zero-order chi connectivity index (χ0) is 20.2. The molecular weight excluding hydrogens is 366 g/mol. The third kappa shape index (κ3) is 4.23. The summed E-state index contributed by atoms with van der Waals surface area (Å²) in [5.74, 6) is 2.10. The number of rotatable bonds is 5. The molecule has 7 heteroatoms. The number of aryl methyl sites for hydroxylation is 1. The van der Waals surface area contributed by atoms with Crippen molar-refractivity contribution in [3.05, 3.63) is 65.3 Å². The standard InChI is InChI=1S/C22H23N5O2/c1-15-16(2)26-27(19-8-11-28-12-9-19)22(15)29-20-7-10-24-21(14-20)25-18-6-4-5-17(13-18)23-3/h4-7,10,13-14,19H,8-9,11-12H2,1-2H3,(H,24,25). The molecule has 3 aromatic rings. The first-order valence-corrected chi connectivity index (χ1v) is 9.66. The zero-order valence-electron chi connectivity index (χ0n) is 16.6. The maximum atomic E-state index is 7.15. The second kappa shape index (κ2) is 8.33. The first-order chi connectivity index (χ1) is 14.1. The van der Waals surface area contributed by atoms with Crippen molar-refractivity contribution >= 4 is 17.2 Å². The highest BCUT2D eigenvalue weighted by Crippen LogP contribution is 2.34. The lowest BCUT2D eigenvalue weighted by atomic mass is 10.1. The van der Waals surface area contributed by atoms with Crippen LogP contribution < -0.4 is 10.1 Å². The second-order valence-electron chi connectivity index (χ2n) is 7.07. The summed E-state index contributed by atoms with van der Waals surface area (Å²) < 4.78 is 13.8. The molecule has 0 atom stereocenters. The number of ether oxygens (including phenoxy) is 2. The largest absolute Gasteiger partial charge is 0.439 e. The van der Waals surface area contributed by atoms with Crippen LogP contribution in [0, 0.1) is 20.4 Å². The Labute approximate surface area is 170 Å². The van der Waals surface area contributed by atoms with E-state index in [4.69, 9.17) is 21.1 Å². The van der Waals surface area contributed by atoms with Crippen LogP contribution in [0.15, 0.2) is 42.6 Å². The minimum atomic E-state index is 0.280. The van der Waals surface area contributed by atoms with Gasteiger partial charge in [0.2, 0.25) is 5.88 Å². The predicted molar refractivity (Wildman–Crippen MR) is 111 cm³/mol. The van der Waals surface area contributed by atoms with Gasteiger partial charge in [-0.3, -0.25) is 0 Å². The number of anilines is 2. The molecule has 1 aliphatic heterocycles. The van der Waals surface area contributed by atoms with Gasteiger partial charge in [-0.1, -0.05) is 12.1 Å². The smallest absolute Gasteiger partial charge is 0.221 e. The molecule has 4 rings (SSSR count). The number of nitrogens with zero attached hydrogens (tertiary/aromatic N) is 4. The van der Waals surface area contributed by atoms with E-state index in [1.54, 1.807) is 18.3 Å². The molecule has 2 aromatic heterocycles. The van der Waals surface area contributed by atoms with Crippen LogP contribution in [0.1, 0.15) is 30.1 Å². The summed E-state index contributed by atoms with van der Waals surface area (Å²) >= 11 is 0. The molecule has 0 aliphatic carbocycles. The number of nitrogens with one attached hydrogen (secondary N) is 1. The SMILES string of the molecule is [C-]#[N+]c1cccc(Nc2cc(Oc3c(C)c(C)nn3C3CCOCC3)ccn2)c1. The molecule has 1 fully saturated rings. The van der Waals surface area contributed by atoms with E-state index in [1.807, 2.05) is 42.8 Å². The molecule has 7 nitrogen and oxygen atoms in total. The van der Waals surface area contributed by atoms with Gasteiger partial charge in [-0.2, -0.15) is 5.10 Å². The fraction of sp³-hybridized carbons (Fsp3) is 0.318. The summed E-state index contributed by atoms with van der Waals surface area (Å²) in [5, 5.41) is 7.95. The Balaban J connectivity index is 1.57. The molecule has 0 bridgehead atoms. The lowest BCUT2D eigenvalue weighted by Gasteiger charge is -2.24. The Hall–Kier alpha value is -3.37. The van der Waals surface area contributed by atoms with Crippen LogP contribution in [0.2, 0.25) is 0 Å². The van der Waals surface area contributed by atoms with Gasteiger partial charge in [-0.15, -0.1) is 0 Å². The molecule has 3 heterocycles. The summed E-state index contributed by atoms with van der Waals surface area (Å²) in [6.07, 6.45) is 3.56. The van der Waals surface area contributed by atoms with Crippen LogP contribution in [-0.4, -0.2) is 28.0 Å². The molecule has 29 heavy (non-hydrogen) atoms. The highest BCUT2D eigenvalue weighted by Gasteiger charge is 2.23. The first-order valence-electron chi connectivity index (χ1n) is 9.66. The number of benzene rings is 1. The molecule has 0 radical (unpaired) electrons. The fourth-order valence-electron chi connectivity index (χ4n) is 3.36. The lowest BCUT2D eigenvalue weighted by Crippen LogP contribution is -2.21. The maximum absolute atomic E-state index is 7.15. The van der Waals surface area contributed by atoms with Crippen LogP contribution in [0.5, 0.6) is 11.6 Å². The molecule has 1 aromatic carbocycles. The van der Waals surface area contributed by atoms with Gasteiger partial charge in [-0.05, 0) is 44.9 Å². The Morgan fingerprint density at radius 3 is 2.83 bits per heavy atom. The van der Waals surface area contributed by atoms with Crippen LogP contribution >= 0.6 is 0 Å². The molecule has 1 saturated heterocycles. The van der Waals surface area contributed by atoms with Gasteiger partial charge in [0.15, 0.2) is 5.69 Å². The minimum Gasteiger partial charge on any atom is -0.439 e. The van der Waals surface area contributed by atoms with Crippen molar-refractivity contribution in [3.63, 3.8) is 0 Å². The maximum Gasteiger partial charge on any atom is 0.221 e. The van der Waals surface area contributed by atoms with Gasteiger partial charge >= 0.3 is 0 Å². The average Bonchev–Trinajstić information content (AvgIpc) is 3.03. The quantitative estimate of drug-likeness (QED) is 0.597. The summed E-state index contributed by atoms with van der Waals surface area (Å²) in [4.78, 5) is 7.82.